The van der Waals surface area contributed by atoms with Gasteiger partial charge >= 0.3 is 0 Å². The number of carbonyl (C=O) groups excluding carboxylic acids is 1. The number of aryl methyl sites for hydroxylation is 2. The van der Waals surface area contributed by atoms with Crippen molar-refractivity contribution < 1.29 is 4.79 Å². The summed E-state index contributed by atoms with van der Waals surface area (Å²) in [6.45, 7) is 10.4. The average Bonchev–Trinajstić information content (AvgIpc) is 2.12. The molecule has 0 aromatic heterocycles. The molecule has 0 aliphatic carbocycles. The Bertz CT molecular complexity index is 383. The molecule has 0 amide bonds. The minimum atomic E-state index is 0.182. The quantitative estimate of drug-likeness (QED) is 0.696. The zero-order valence-corrected chi connectivity index (χ0v) is 11.1. The topological polar surface area (TPSA) is 17.1 Å². The van der Waals surface area contributed by atoms with E-state index in [-0.39, 0.29) is 5.78 Å². The molecule has 1 heteroatoms. The SMILES string of the molecule is CC(=O)c1c(C)cccc1CCC(C)(C)C. The summed E-state index contributed by atoms with van der Waals surface area (Å²) in [5.41, 5.74) is 3.53. The van der Waals surface area contributed by atoms with Crippen molar-refractivity contribution in [2.24, 2.45) is 5.41 Å². The lowest BCUT2D eigenvalue weighted by Gasteiger charge is -2.19. The zero-order chi connectivity index (χ0) is 12.3. The maximum atomic E-state index is 11.6. The summed E-state index contributed by atoms with van der Waals surface area (Å²) >= 11 is 0. The van der Waals surface area contributed by atoms with Gasteiger partial charge in [-0.1, -0.05) is 39.0 Å². The highest BCUT2D eigenvalue weighted by Crippen LogP contribution is 2.24. The van der Waals surface area contributed by atoms with Gasteiger partial charge in [-0.25, -0.2) is 0 Å². The third-order valence-corrected chi connectivity index (χ3v) is 2.86. The number of benzene rings is 1. The second kappa shape index (κ2) is 4.82. The van der Waals surface area contributed by atoms with Gasteiger partial charge in [0.05, 0.1) is 0 Å². The Kier molecular flexibility index (Phi) is 3.90. The molecule has 0 saturated heterocycles. The molecule has 0 saturated carbocycles. The van der Waals surface area contributed by atoms with Gasteiger partial charge in [-0.3, -0.25) is 4.79 Å². The van der Waals surface area contributed by atoms with Gasteiger partial charge in [0.2, 0.25) is 0 Å². The van der Waals surface area contributed by atoms with Crippen LogP contribution >= 0.6 is 0 Å². The van der Waals surface area contributed by atoms with Gasteiger partial charge in [0, 0.05) is 5.56 Å². The number of Topliss-reactive ketones (excluding diaryl/α,β-unsaturated/α-hetero) is 1. The number of hydrogen-bond acceptors (Lipinski definition) is 1. The first-order chi connectivity index (χ1) is 7.31. The van der Waals surface area contributed by atoms with Crippen molar-refractivity contribution in [3.63, 3.8) is 0 Å². The fraction of sp³-hybridized carbons (Fsp3) is 0.533. The van der Waals surface area contributed by atoms with E-state index in [4.69, 9.17) is 0 Å². The fourth-order valence-electron chi connectivity index (χ4n) is 1.95. The first-order valence-corrected chi connectivity index (χ1v) is 5.91. The van der Waals surface area contributed by atoms with Crippen LogP contribution < -0.4 is 0 Å². The van der Waals surface area contributed by atoms with Crippen molar-refractivity contribution in [3.05, 3.63) is 34.9 Å². The minimum Gasteiger partial charge on any atom is -0.294 e. The number of carbonyl (C=O) groups is 1. The van der Waals surface area contributed by atoms with E-state index in [1.54, 1.807) is 6.92 Å². The highest BCUT2D eigenvalue weighted by atomic mass is 16.1. The number of ketones is 1. The van der Waals surface area contributed by atoms with E-state index in [0.717, 1.165) is 24.0 Å². The molecule has 0 atom stereocenters. The Balaban J connectivity index is 2.96. The van der Waals surface area contributed by atoms with Crippen molar-refractivity contribution >= 4 is 5.78 Å². The van der Waals surface area contributed by atoms with E-state index in [1.165, 1.54) is 5.56 Å². The summed E-state index contributed by atoms with van der Waals surface area (Å²) in [6, 6.07) is 6.13. The molecule has 0 aliphatic rings. The van der Waals surface area contributed by atoms with Crippen LogP contribution in [0, 0.1) is 12.3 Å². The lowest BCUT2D eigenvalue weighted by Crippen LogP contribution is -2.09. The van der Waals surface area contributed by atoms with Crippen LogP contribution in [0.3, 0.4) is 0 Å². The summed E-state index contributed by atoms with van der Waals surface area (Å²) in [5.74, 6) is 0.182. The highest BCUT2D eigenvalue weighted by molar-refractivity contribution is 5.97. The van der Waals surface area contributed by atoms with Gasteiger partial charge in [-0.15, -0.1) is 0 Å². The molecule has 0 N–H and O–H groups in total. The molecule has 0 unspecified atom stereocenters. The monoisotopic (exact) mass is 218 g/mol. The van der Waals surface area contributed by atoms with Gasteiger partial charge in [-0.05, 0) is 43.2 Å². The predicted molar refractivity (Wildman–Crippen MR) is 69.0 cm³/mol. The third-order valence-electron chi connectivity index (χ3n) is 2.86. The Morgan fingerprint density at radius 2 is 1.88 bits per heavy atom. The van der Waals surface area contributed by atoms with Crippen LogP contribution in [-0.2, 0) is 6.42 Å². The molecule has 0 heterocycles. The molecule has 0 radical (unpaired) electrons. The molecule has 1 rings (SSSR count). The van der Waals surface area contributed by atoms with Crippen molar-refractivity contribution in [1.29, 1.82) is 0 Å². The van der Waals surface area contributed by atoms with E-state index < -0.39 is 0 Å². The van der Waals surface area contributed by atoms with E-state index in [0.29, 0.717) is 5.41 Å². The molecule has 1 aromatic rings. The largest absolute Gasteiger partial charge is 0.294 e. The normalized spacial score (nSPS) is 11.6. The summed E-state index contributed by atoms with van der Waals surface area (Å²) in [4.78, 5) is 11.6. The van der Waals surface area contributed by atoms with Crippen molar-refractivity contribution in [2.45, 2.75) is 47.5 Å². The smallest absolute Gasteiger partial charge is 0.160 e. The molecular weight excluding hydrogens is 196 g/mol. The first-order valence-electron chi connectivity index (χ1n) is 5.91. The first kappa shape index (κ1) is 13.0. The Labute approximate surface area is 98.9 Å². The molecule has 1 aromatic carbocycles. The molecule has 0 bridgehead atoms. The van der Waals surface area contributed by atoms with Crippen molar-refractivity contribution in [1.82, 2.24) is 0 Å². The summed E-state index contributed by atoms with van der Waals surface area (Å²) in [5, 5.41) is 0. The highest BCUT2D eigenvalue weighted by Gasteiger charge is 2.14. The van der Waals surface area contributed by atoms with Crippen LogP contribution in [0.25, 0.3) is 0 Å². The third kappa shape index (κ3) is 3.48. The van der Waals surface area contributed by atoms with Crippen molar-refractivity contribution in [3.8, 4) is 0 Å². The Hall–Kier alpha value is -1.11. The fourth-order valence-corrected chi connectivity index (χ4v) is 1.95. The average molecular weight is 218 g/mol. The van der Waals surface area contributed by atoms with E-state index in [1.807, 2.05) is 19.1 Å². The Morgan fingerprint density at radius 3 is 2.38 bits per heavy atom. The van der Waals surface area contributed by atoms with Gasteiger partial charge in [0.25, 0.3) is 0 Å². The summed E-state index contributed by atoms with van der Waals surface area (Å²) in [6.07, 6.45) is 2.09. The van der Waals surface area contributed by atoms with Crippen molar-refractivity contribution in [2.75, 3.05) is 0 Å². The van der Waals surface area contributed by atoms with Crippen LogP contribution in [0.2, 0.25) is 0 Å². The van der Waals surface area contributed by atoms with Gasteiger partial charge < -0.3 is 0 Å². The zero-order valence-electron chi connectivity index (χ0n) is 11.1. The van der Waals surface area contributed by atoms with Crippen LogP contribution in [0.4, 0.5) is 0 Å². The van der Waals surface area contributed by atoms with Gasteiger partial charge in [0.15, 0.2) is 5.78 Å². The second-order valence-corrected chi connectivity index (χ2v) is 5.73. The number of rotatable bonds is 3. The summed E-state index contributed by atoms with van der Waals surface area (Å²) in [7, 11) is 0. The van der Waals surface area contributed by atoms with Gasteiger partial charge in [-0.2, -0.15) is 0 Å². The molecule has 16 heavy (non-hydrogen) atoms. The molecule has 88 valence electrons. The van der Waals surface area contributed by atoms with E-state index in [2.05, 4.69) is 26.8 Å². The maximum Gasteiger partial charge on any atom is 0.160 e. The molecular formula is C15H22O. The molecule has 0 fully saturated rings. The maximum absolute atomic E-state index is 11.6. The van der Waals surface area contributed by atoms with Crippen LogP contribution in [-0.4, -0.2) is 5.78 Å². The number of hydrogen-bond donors (Lipinski definition) is 0. The molecule has 0 aliphatic heterocycles. The summed E-state index contributed by atoms with van der Waals surface area (Å²) < 4.78 is 0. The van der Waals surface area contributed by atoms with Crippen LogP contribution in [0.15, 0.2) is 18.2 Å². The second-order valence-electron chi connectivity index (χ2n) is 5.73. The van der Waals surface area contributed by atoms with Gasteiger partial charge in [0.1, 0.15) is 0 Å². The molecule has 1 nitrogen and oxygen atoms in total. The molecule has 0 spiro atoms. The Morgan fingerprint density at radius 1 is 1.25 bits per heavy atom. The van der Waals surface area contributed by atoms with E-state index in [9.17, 15) is 4.79 Å². The van der Waals surface area contributed by atoms with Crippen LogP contribution in [0.5, 0.6) is 0 Å². The van der Waals surface area contributed by atoms with Crippen LogP contribution in [0.1, 0.15) is 55.6 Å². The predicted octanol–water partition coefficient (Wildman–Crippen LogP) is 4.18. The lowest BCUT2D eigenvalue weighted by atomic mass is 9.86. The lowest BCUT2D eigenvalue weighted by molar-refractivity contribution is 0.101. The van der Waals surface area contributed by atoms with E-state index >= 15 is 0 Å². The minimum absolute atomic E-state index is 0.182. The standard InChI is InChI=1S/C15H22O/c1-11-7-6-8-13(14(11)12(2)16)9-10-15(3,4)5/h6-8H,9-10H2,1-5H3.